The first-order chi connectivity index (χ1) is 9.06. The van der Waals surface area contributed by atoms with E-state index in [1.807, 2.05) is 6.08 Å². The fourth-order valence-electron chi connectivity index (χ4n) is 2.13. The van der Waals surface area contributed by atoms with Gasteiger partial charge >= 0.3 is 11.9 Å². The lowest BCUT2D eigenvalue weighted by Crippen LogP contribution is -2.16. The molecule has 0 aromatic rings. The molecular weight excluding hydrogens is 248 g/mol. The Kier molecular flexibility index (Phi) is 6.25. The molecular formula is C14H20O5. The fraction of sp³-hybridized carbons (Fsp3) is 0.643. The summed E-state index contributed by atoms with van der Waals surface area (Å²) in [6.45, 7) is 0. The van der Waals surface area contributed by atoms with Gasteiger partial charge in [-0.15, -0.1) is 0 Å². The Morgan fingerprint density at radius 3 is 2.47 bits per heavy atom. The van der Waals surface area contributed by atoms with Gasteiger partial charge in [-0.05, 0) is 30.8 Å². The third kappa shape index (κ3) is 5.24. The van der Waals surface area contributed by atoms with Crippen molar-refractivity contribution >= 4 is 17.7 Å². The molecule has 0 aromatic carbocycles. The largest absolute Gasteiger partial charge is 0.469 e. The number of hydrogen-bond donors (Lipinski definition) is 0. The van der Waals surface area contributed by atoms with E-state index in [9.17, 15) is 14.4 Å². The lowest BCUT2D eigenvalue weighted by atomic mass is 9.85. The van der Waals surface area contributed by atoms with Crippen LogP contribution in [-0.2, 0) is 23.9 Å². The van der Waals surface area contributed by atoms with Crippen LogP contribution in [-0.4, -0.2) is 31.9 Å². The molecule has 19 heavy (non-hydrogen) atoms. The molecule has 1 rings (SSSR count). The van der Waals surface area contributed by atoms with Crippen LogP contribution < -0.4 is 0 Å². The summed E-state index contributed by atoms with van der Waals surface area (Å²) in [5.74, 6) is -0.241. The van der Waals surface area contributed by atoms with Crippen molar-refractivity contribution in [3.8, 4) is 0 Å². The Morgan fingerprint density at radius 2 is 1.84 bits per heavy atom. The number of ketones is 1. The Labute approximate surface area is 112 Å². The third-order valence-electron chi connectivity index (χ3n) is 3.31. The zero-order valence-corrected chi connectivity index (χ0v) is 11.4. The molecule has 1 atom stereocenters. The van der Waals surface area contributed by atoms with Crippen molar-refractivity contribution in [1.82, 2.24) is 0 Å². The molecule has 0 radical (unpaired) electrons. The van der Waals surface area contributed by atoms with Crippen molar-refractivity contribution in [3.05, 3.63) is 11.6 Å². The number of hydrogen-bond acceptors (Lipinski definition) is 5. The highest BCUT2D eigenvalue weighted by molar-refractivity contribution is 5.96. The van der Waals surface area contributed by atoms with E-state index in [0.29, 0.717) is 31.3 Å². The molecule has 0 fully saturated rings. The molecule has 0 heterocycles. The van der Waals surface area contributed by atoms with Crippen molar-refractivity contribution < 1.29 is 23.9 Å². The Bertz CT molecular complexity index is 383. The average molecular weight is 268 g/mol. The van der Waals surface area contributed by atoms with Gasteiger partial charge in [-0.1, -0.05) is 6.08 Å². The monoisotopic (exact) mass is 268 g/mol. The van der Waals surface area contributed by atoms with Crippen LogP contribution in [0.3, 0.4) is 0 Å². The summed E-state index contributed by atoms with van der Waals surface area (Å²) >= 11 is 0. The molecule has 0 aliphatic heterocycles. The molecule has 0 saturated carbocycles. The summed E-state index contributed by atoms with van der Waals surface area (Å²) in [4.78, 5) is 33.9. The minimum absolute atomic E-state index is 0.0956. The Balaban J connectivity index is 2.51. The molecule has 1 aliphatic carbocycles. The zero-order chi connectivity index (χ0) is 14.3. The quantitative estimate of drug-likeness (QED) is 0.687. The number of methoxy groups -OCH3 is 2. The molecule has 5 heteroatoms. The lowest BCUT2D eigenvalue weighted by molar-refractivity contribution is -0.141. The van der Waals surface area contributed by atoms with Crippen LogP contribution >= 0.6 is 0 Å². The van der Waals surface area contributed by atoms with Gasteiger partial charge in [0.15, 0.2) is 5.78 Å². The van der Waals surface area contributed by atoms with Crippen LogP contribution in [0.15, 0.2) is 11.6 Å². The van der Waals surface area contributed by atoms with E-state index in [2.05, 4.69) is 9.47 Å². The number of carbonyl (C=O) groups excluding carboxylic acids is 3. The van der Waals surface area contributed by atoms with Crippen LogP contribution in [0.25, 0.3) is 0 Å². The summed E-state index contributed by atoms with van der Waals surface area (Å²) < 4.78 is 9.15. The fourth-order valence-corrected chi connectivity index (χ4v) is 2.13. The minimum atomic E-state index is -0.314. The molecule has 106 valence electrons. The van der Waals surface area contributed by atoms with E-state index in [-0.39, 0.29) is 30.1 Å². The smallest absolute Gasteiger partial charge is 0.305 e. The normalized spacial score (nSPS) is 18.7. The standard InChI is InChI=1S/C14H20O5/c1-18-13(16)7-4-10-3-6-12(15)11(9-10)5-8-14(17)19-2/h9-10H,3-8H2,1-2H3. The maximum Gasteiger partial charge on any atom is 0.305 e. The first-order valence-electron chi connectivity index (χ1n) is 6.44. The summed E-state index contributed by atoms with van der Waals surface area (Å²) in [5.41, 5.74) is 0.687. The van der Waals surface area contributed by atoms with Crippen LogP contribution in [0.4, 0.5) is 0 Å². The first kappa shape index (κ1) is 15.4. The van der Waals surface area contributed by atoms with E-state index in [1.54, 1.807) is 0 Å². The van der Waals surface area contributed by atoms with Gasteiger partial charge in [-0.3, -0.25) is 14.4 Å². The molecule has 0 bridgehead atoms. The molecule has 1 unspecified atom stereocenters. The van der Waals surface area contributed by atoms with E-state index in [1.165, 1.54) is 14.2 Å². The Morgan fingerprint density at radius 1 is 1.21 bits per heavy atom. The highest BCUT2D eigenvalue weighted by Crippen LogP contribution is 2.26. The van der Waals surface area contributed by atoms with Crippen molar-refractivity contribution in [2.24, 2.45) is 5.92 Å². The molecule has 0 saturated heterocycles. The maximum absolute atomic E-state index is 11.7. The van der Waals surface area contributed by atoms with Gasteiger partial charge in [0, 0.05) is 19.3 Å². The highest BCUT2D eigenvalue weighted by Gasteiger charge is 2.21. The van der Waals surface area contributed by atoms with Crippen LogP contribution in [0.5, 0.6) is 0 Å². The average Bonchev–Trinajstić information content (AvgIpc) is 2.44. The van der Waals surface area contributed by atoms with Crippen LogP contribution in [0.2, 0.25) is 0 Å². The zero-order valence-electron chi connectivity index (χ0n) is 11.4. The second kappa shape index (κ2) is 7.71. The number of rotatable bonds is 6. The number of esters is 2. The second-order valence-corrected chi connectivity index (χ2v) is 4.60. The lowest BCUT2D eigenvalue weighted by Gasteiger charge is -2.19. The van der Waals surface area contributed by atoms with E-state index < -0.39 is 0 Å². The molecule has 1 aliphatic rings. The predicted molar refractivity (Wildman–Crippen MR) is 68.3 cm³/mol. The van der Waals surface area contributed by atoms with Gasteiger partial charge in [-0.2, -0.15) is 0 Å². The minimum Gasteiger partial charge on any atom is -0.469 e. The van der Waals surface area contributed by atoms with Gasteiger partial charge < -0.3 is 9.47 Å². The second-order valence-electron chi connectivity index (χ2n) is 4.60. The SMILES string of the molecule is COC(=O)CCC1=CC(CCC(=O)OC)CCC1=O. The van der Waals surface area contributed by atoms with Crippen molar-refractivity contribution in [1.29, 1.82) is 0 Å². The topological polar surface area (TPSA) is 69.7 Å². The predicted octanol–water partition coefficient (Wildman–Crippen LogP) is 1.80. The van der Waals surface area contributed by atoms with E-state index in [4.69, 9.17) is 0 Å². The Hall–Kier alpha value is -1.65. The van der Waals surface area contributed by atoms with Crippen LogP contribution in [0.1, 0.15) is 38.5 Å². The summed E-state index contributed by atoms with van der Waals surface area (Å²) in [6, 6.07) is 0. The van der Waals surface area contributed by atoms with E-state index >= 15 is 0 Å². The summed E-state index contributed by atoms with van der Waals surface area (Å²) in [6.07, 6.45) is 4.82. The van der Waals surface area contributed by atoms with Gasteiger partial charge in [0.2, 0.25) is 0 Å². The van der Waals surface area contributed by atoms with Gasteiger partial charge in [-0.25, -0.2) is 0 Å². The van der Waals surface area contributed by atoms with Crippen molar-refractivity contribution in [3.63, 3.8) is 0 Å². The molecule has 0 spiro atoms. The molecule has 0 N–H and O–H groups in total. The number of carbonyl (C=O) groups is 3. The van der Waals surface area contributed by atoms with Crippen molar-refractivity contribution in [2.45, 2.75) is 38.5 Å². The maximum atomic E-state index is 11.7. The third-order valence-corrected chi connectivity index (χ3v) is 3.31. The van der Waals surface area contributed by atoms with Gasteiger partial charge in [0.1, 0.15) is 0 Å². The number of Topliss-reactive ketones (excluding diaryl/α,β-unsaturated/α-hetero) is 1. The molecule has 0 amide bonds. The van der Waals surface area contributed by atoms with E-state index in [0.717, 1.165) is 6.42 Å². The highest BCUT2D eigenvalue weighted by atomic mass is 16.5. The van der Waals surface area contributed by atoms with Crippen molar-refractivity contribution in [2.75, 3.05) is 14.2 Å². The van der Waals surface area contributed by atoms with Gasteiger partial charge in [0.25, 0.3) is 0 Å². The first-order valence-corrected chi connectivity index (χ1v) is 6.44. The summed E-state index contributed by atoms with van der Waals surface area (Å²) in [7, 11) is 2.70. The summed E-state index contributed by atoms with van der Waals surface area (Å²) in [5, 5.41) is 0. The number of ether oxygens (including phenoxy) is 2. The van der Waals surface area contributed by atoms with Crippen LogP contribution in [0, 0.1) is 5.92 Å². The molecule has 0 aromatic heterocycles. The molecule has 5 nitrogen and oxygen atoms in total. The number of allylic oxidation sites excluding steroid dienone is 2. The van der Waals surface area contributed by atoms with Gasteiger partial charge in [0.05, 0.1) is 14.2 Å².